The summed E-state index contributed by atoms with van der Waals surface area (Å²) >= 11 is 7.85. The van der Waals surface area contributed by atoms with Crippen molar-refractivity contribution in [3.63, 3.8) is 0 Å². The van der Waals surface area contributed by atoms with E-state index in [1.54, 1.807) is 11.8 Å². The van der Waals surface area contributed by atoms with Crippen LogP contribution in [0.15, 0.2) is 23.1 Å². The molecule has 1 aromatic carbocycles. The van der Waals surface area contributed by atoms with Crippen LogP contribution in [0.3, 0.4) is 0 Å². The third-order valence-electron chi connectivity index (χ3n) is 5.49. The van der Waals surface area contributed by atoms with Gasteiger partial charge in [0.15, 0.2) is 0 Å². The highest BCUT2D eigenvalue weighted by Crippen LogP contribution is 2.36. The molecule has 1 amide bonds. The second kappa shape index (κ2) is 8.18. The van der Waals surface area contributed by atoms with Gasteiger partial charge in [0.1, 0.15) is 0 Å². The second-order valence-corrected chi connectivity index (χ2v) is 8.85. The van der Waals surface area contributed by atoms with Crippen molar-refractivity contribution in [2.24, 2.45) is 0 Å². The molecule has 0 atom stereocenters. The summed E-state index contributed by atoms with van der Waals surface area (Å²) in [5.41, 5.74) is 3.50. The first-order valence-electron chi connectivity index (χ1n) is 9.74. The quantitative estimate of drug-likeness (QED) is 0.722. The Balaban J connectivity index is 1.55. The van der Waals surface area contributed by atoms with Gasteiger partial charge in [-0.3, -0.25) is 9.78 Å². The van der Waals surface area contributed by atoms with E-state index < -0.39 is 0 Å². The molecule has 138 valence electrons. The average Bonchev–Trinajstić information content (AvgIpc) is 2.65. The van der Waals surface area contributed by atoms with Gasteiger partial charge in [0.25, 0.3) is 0 Å². The zero-order valence-electron chi connectivity index (χ0n) is 15.0. The fourth-order valence-electron chi connectivity index (χ4n) is 4.17. The molecule has 3 nitrogen and oxygen atoms in total. The minimum Gasteiger partial charge on any atom is -0.353 e. The Labute approximate surface area is 164 Å². The van der Waals surface area contributed by atoms with E-state index >= 15 is 0 Å². The molecule has 2 aliphatic carbocycles. The first kappa shape index (κ1) is 18.1. The van der Waals surface area contributed by atoms with Crippen molar-refractivity contribution < 1.29 is 4.79 Å². The van der Waals surface area contributed by atoms with E-state index in [1.165, 1.54) is 48.3 Å². The maximum absolute atomic E-state index is 12.5. The average molecular weight is 389 g/mol. The molecule has 2 aromatic rings. The molecular weight excluding hydrogens is 364 g/mol. The first-order valence-corrected chi connectivity index (χ1v) is 11.1. The summed E-state index contributed by atoms with van der Waals surface area (Å²) < 4.78 is 0. The molecule has 1 aromatic heterocycles. The van der Waals surface area contributed by atoms with Crippen molar-refractivity contribution in [2.75, 3.05) is 5.75 Å². The van der Waals surface area contributed by atoms with Gasteiger partial charge in [-0.1, -0.05) is 36.9 Å². The number of nitrogens with zero attached hydrogens (tertiary/aromatic N) is 1. The largest absolute Gasteiger partial charge is 0.353 e. The molecule has 0 unspecified atom stereocenters. The van der Waals surface area contributed by atoms with Crippen molar-refractivity contribution in [1.29, 1.82) is 0 Å². The number of thioether (sulfide) groups is 1. The van der Waals surface area contributed by atoms with Crippen LogP contribution in [-0.2, 0) is 17.6 Å². The lowest BCUT2D eigenvalue weighted by Gasteiger charge is -2.23. The topological polar surface area (TPSA) is 42.0 Å². The van der Waals surface area contributed by atoms with Gasteiger partial charge >= 0.3 is 0 Å². The lowest BCUT2D eigenvalue weighted by molar-refractivity contribution is -0.119. The van der Waals surface area contributed by atoms with E-state index in [1.807, 2.05) is 12.1 Å². The summed E-state index contributed by atoms with van der Waals surface area (Å²) in [6, 6.07) is 6.30. The second-order valence-electron chi connectivity index (χ2n) is 7.43. The Hall–Kier alpha value is -1.26. The van der Waals surface area contributed by atoms with Crippen LogP contribution in [0, 0.1) is 0 Å². The predicted molar refractivity (Wildman–Crippen MR) is 109 cm³/mol. The molecule has 4 rings (SSSR count). The van der Waals surface area contributed by atoms with Crippen molar-refractivity contribution in [2.45, 2.75) is 68.7 Å². The molecule has 0 bridgehead atoms. The minimum atomic E-state index is 0.158. The maximum Gasteiger partial charge on any atom is 0.230 e. The molecule has 0 radical (unpaired) electrons. The van der Waals surface area contributed by atoms with E-state index in [0.717, 1.165) is 36.6 Å². The van der Waals surface area contributed by atoms with Crippen molar-refractivity contribution in [1.82, 2.24) is 10.3 Å². The number of amides is 1. The van der Waals surface area contributed by atoms with E-state index in [2.05, 4.69) is 11.4 Å². The van der Waals surface area contributed by atoms with Crippen LogP contribution in [-0.4, -0.2) is 22.7 Å². The van der Waals surface area contributed by atoms with Crippen molar-refractivity contribution >= 4 is 40.2 Å². The van der Waals surface area contributed by atoms with Crippen LogP contribution >= 0.6 is 23.4 Å². The molecule has 5 heteroatoms. The number of nitrogens with one attached hydrogen (secondary N) is 1. The van der Waals surface area contributed by atoms with Crippen LogP contribution in [0.25, 0.3) is 10.9 Å². The third-order valence-corrected chi connectivity index (χ3v) is 6.89. The number of hydrogen-bond acceptors (Lipinski definition) is 3. The number of rotatable bonds is 4. The molecule has 1 N–H and O–H groups in total. The molecule has 26 heavy (non-hydrogen) atoms. The highest BCUT2D eigenvalue weighted by atomic mass is 35.5. The van der Waals surface area contributed by atoms with Crippen molar-refractivity contribution in [3.05, 3.63) is 34.5 Å². The Morgan fingerprint density at radius 2 is 1.96 bits per heavy atom. The van der Waals surface area contributed by atoms with Gasteiger partial charge in [-0.25, -0.2) is 0 Å². The van der Waals surface area contributed by atoms with Gasteiger partial charge in [-0.2, -0.15) is 0 Å². The van der Waals surface area contributed by atoms with Crippen molar-refractivity contribution in [3.8, 4) is 0 Å². The molecule has 2 aliphatic rings. The summed E-state index contributed by atoms with van der Waals surface area (Å²) in [5, 5.41) is 5.07. The van der Waals surface area contributed by atoms with Crippen LogP contribution < -0.4 is 5.32 Å². The van der Waals surface area contributed by atoms with Gasteiger partial charge in [0.2, 0.25) is 5.91 Å². The number of hydrogen-bond donors (Lipinski definition) is 1. The van der Waals surface area contributed by atoms with Gasteiger partial charge in [0, 0.05) is 27.0 Å². The minimum absolute atomic E-state index is 0.158. The molecular formula is C21H25ClN2OS. The van der Waals surface area contributed by atoms with E-state index in [-0.39, 0.29) is 5.91 Å². The van der Waals surface area contributed by atoms with Crippen LogP contribution in [0.5, 0.6) is 0 Å². The molecule has 0 saturated heterocycles. The summed E-state index contributed by atoms with van der Waals surface area (Å²) in [6.07, 6.45) is 10.5. The molecule has 1 saturated carbocycles. The normalized spacial score (nSPS) is 17.9. The maximum atomic E-state index is 12.5. The smallest absolute Gasteiger partial charge is 0.230 e. The van der Waals surface area contributed by atoms with Crippen LogP contribution in [0.2, 0.25) is 5.02 Å². The number of aryl methyl sites for hydroxylation is 1. The first-order chi connectivity index (χ1) is 12.7. The Morgan fingerprint density at radius 3 is 2.81 bits per heavy atom. The lowest BCUT2D eigenvalue weighted by atomic mass is 9.94. The van der Waals surface area contributed by atoms with E-state index in [9.17, 15) is 4.79 Å². The number of carbonyl (C=O) groups excluding carboxylic acids is 1. The zero-order valence-corrected chi connectivity index (χ0v) is 16.6. The standard InChI is InChI=1S/C21H25ClN2OS/c22-14-10-11-17-19(12-14)24-18-9-5-4-8-16(18)21(17)26-13-20(25)23-15-6-2-1-3-7-15/h10-12,15H,1-9,13H2,(H,23,25). The zero-order chi connectivity index (χ0) is 17.9. The number of pyridine rings is 1. The predicted octanol–water partition coefficient (Wildman–Crippen LogP) is 5.31. The Kier molecular flexibility index (Phi) is 5.70. The van der Waals surface area contributed by atoms with E-state index in [4.69, 9.17) is 16.6 Å². The van der Waals surface area contributed by atoms with Gasteiger partial charge in [-0.15, -0.1) is 11.8 Å². The summed E-state index contributed by atoms with van der Waals surface area (Å²) in [6.45, 7) is 0. The number of carbonyl (C=O) groups is 1. The van der Waals surface area contributed by atoms with Gasteiger partial charge in [-0.05, 0) is 56.2 Å². The number of halogens is 1. The summed E-state index contributed by atoms with van der Waals surface area (Å²) in [4.78, 5) is 18.6. The third kappa shape index (κ3) is 4.01. The highest BCUT2D eigenvalue weighted by Gasteiger charge is 2.20. The Morgan fingerprint density at radius 1 is 1.15 bits per heavy atom. The lowest BCUT2D eigenvalue weighted by Crippen LogP contribution is -2.37. The highest BCUT2D eigenvalue weighted by molar-refractivity contribution is 8.00. The number of benzene rings is 1. The SMILES string of the molecule is O=C(CSc1c2c(nc3cc(Cl)ccc13)CCCC2)NC1CCCCC1. The van der Waals surface area contributed by atoms with Crippen LogP contribution in [0.1, 0.15) is 56.2 Å². The van der Waals surface area contributed by atoms with Gasteiger partial charge < -0.3 is 5.32 Å². The van der Waals surface area contributed by atoms with Gasteiger partial charge in [0.05, 0.1) is 11.3 Å². The fourth-order valence-corrected chi connectivity index (χ4v) is 5.42. The molecule has 0 aliphatic heterocycles. The van der Waals surface area contributed by atoms with E-state index in [0.29, 0.717) is 16.8 Å². The summed E-state index contributed by atoms with van der Waals surface area (Å²) in [7, 11) is 0. The van der Waals surface area contributed by atoms with Crippen LogP contribution in [0.4, 0.5) is 0 Å². The fraction of sp³-hybridized carbons (Fsp3) is 0.524. The monoisotopic (exact) mass is 388 g/mol. The number of fused-ring (bicyclic) bond motifs is 2. The molecule has 1 fully saturated rings. The Bertz CT molecular complexity index is 817. The number of aromatic nitrogens is 1. The molecule has 0 spiro atoms. The summed E-state index contributed by atoms with van der Waals surface area (Å²) in [5.74, 6) is 0.635. The molecule has 1 heterocycles.